The maximum atomic E-state index is 11.3. The molecule has 0 aliphatic carbocycles. The van der Waals surface area contributed by atoms with Crippen molar-refractivity contribution in [1.82, 2.24) is 5.32 Å². The second-order valence-corrected chi connectivity index (χ2v) is 6.21. The van der Waals surface area contributed by atoms with Gasteiger partial charge >= 0.3 is 5.97 Å². The number of nitrogens with one attached hydrogen (secondary N) is 1. The molecule has 2 aromatic rings. The third-order valence-corrected chi connectivity index (χ3v) is 4.43. The van der Waals surface area contributed by atoms with E-state index in [1.807, 2.05) is 24.3 Å². The van der Waals surface area contributed by atoms with Gasteiger partial charge in [0.2, 0.25) is 0 Å². The highest BCUT2D eigenvalue weighted by molar-refractivity contribution is 5.70. The van der Waals surface area contributed by atoms with Crippen LogP contribution in [0.4, 0.5) is 0 Å². The first-order valence-corrected chi connectivity index (χ1v) is 8.85. The van der Waals surface area contributed by atoms with Crippen LogP contribution in [0.2, 0.25) is 0 Å². The zero-order valence-electron chi connectivity index (χ0n) is 16.2. The monoisotopic (exact) mass is 387 g/mol. The van der Waals surface area contributed by atoms with Crippen LogP contribution >= 0.6 is 0 Å². The lowest BCUT2D eigenvalue weighted by Gasteiger charge is -2.27. The van der Waals surface area contributed by atoms with Crippen LogP contribution in [0.5, 0.6) is 17.2 Å². The van der Waals surface area contributed by atoms with Crippen molar-refractivity contribution in [3.05, 3.63) is 53.1 Å². The minimum Gasteiger partial charge on any atom is -0.497 e. The van der Waals surface area contributed by atoms with Gasteiger partial charge in [-0.3, -0.25) is 9.59 Å². The van der Waals surface area contributed by atoms with Crippen molar-refractivity contribution in [2.45, 2.75) is 25.8 Å². The fourth-order valence-corrected chi connectivity index (χ4v) is 3.26. The molecule has 1 heterocycles. The van der Waals surface area contributed by atoms with Gasteiger partial charge in [-0.2, -0.15) is 0 Å². The highest BCUT2D eigenvalue weighted by Gasteiger charge is 2.21. The van der Waals surface area contributed by atoms with E-state index in [9.17, 15) is 4.79 Å². The van der Waals surface area contributed by atoms with Gasteiger partial charge in [-0.25, -0.2) is 0 Å². The number of carbonyl (C=O) groups is 2. The Bertz CT molecular complexity index is 821. The average molecular weight is 387 g/mol. The zero-order valence-corrected chi connectivity index (χ0v) is 16.2. The Kier molecular flexibility index (Phi) is 7.83. The maximum absolute atomic E-state index is 11.3. The number of fused-ring (bicyclic) bond motifs is 1. The summed E-state index contributed by atoms with van der Waals surface area (Å²) in [6.07, 6.45) is 1.79. The number of esters is 1. The summed E-state index contributed by atoms with van der Waals surface area (Å²) in [7, 11) is 3.25. The van der Waals surface area contributed by atoms with Crippen molar-refractivity contribution in [2.24, 2.45) is 0 Å². The fourth-order valence-electron chi connectivity index (χ4n) is 3.26. The molecular weight excluding hydrogens is 362 g/mol. The van der Waals surface area contributed by atoms with Crippen LogP contribution < -0.4 is 19.5 Å². The Morgan fingerprint density at radius 3 is 2.57 bits per heavy atom. The SMILES string of the molecule is COc1ccc2c(c1)CCNC2Cc1ccc(OC)c(OC(C)=O)c1.O=CO. The standard InChI is InChI=1S/C20H23NO4.CH2O2/c1-13(22)25-20-11-14(4-7-19(20)24-3)10-18-17-6-5-16(23-2)12-15(17)8-9-21-18;2-1-3/h4-7,11-12,18,21H,8-10H2,1-3H3;1H,(H,2,3). The number of carbonyl (C=O) groups excluding carboxylic acids is 1. The normalized spacial score (nSPS) is 14.8. The van der Waals surface area contributed by atoms with E-state index >= 15 is 0 Å². The average Bonchev–Trinajstić information content (AvgIpc) is 2.68. The van der Waals surface area contributed by atoms with E-state index in [1.165, 1.54) is 18.1 Å². The van der Waals surface area contributed by atoms with Crippen LogP contribution in [0.15, 0.2) is 36.4 Å². The van der Waals surface area contributed by atoms with E-state index < -0.39 is 0 Å². The molecule has 150 valence electrons. The van der Waals surface area contributed by atoms with Crippen molar-refractivity contribution in [3.63, 3.8) is 0 Å². The molecule has 2 aromatic carbocycles. The Balaban J connectivity index is 0.000000878. The van der Waals surface area contributed by atoms with Crippen molar-refractivity contribution >= 4 is 12.4 Å². The second kappa shape index (κ2) is 10.3. The predicted octanol–water partition coefficient (Wildman–Crippen LogP) is 2.76. The summed E-state index contributed by atoms with van der Waals surface area (Å²) in [5.74, 6) is 1.55. The van der Waals surface area contributed by atoms with Gasteiger partial charge in [-0.05, 0) is 60.3 Å². The third kappa shape index (κ3) is 5.47. The number of hydrogen-bond donors (Lipinski definition) is 2. The van der Waals surface area contributed by atoms with E-state index in [-0.39, 0.29) is 18.5 Å². The highest BCUT2D eigenvalue weighted by atomic mass is 16.6. The van der Waals surface area contributed by atoms with Crippen molar-refractivity contribution < 1.29 is 28.9 Å². The lowest BCUT2D eigenvalue weighted by Crippen LogP contribution is -2.31. The molecule has 0 radical (unpaired) electrons. The lowest BCUT2D eigenvalue weighted by molar-refractivity contribution is -0.132. The van der Waals surface area contributed by atoms with Gasteiger partial charge in [0.1, 0.15) is 5.75 Å². The van der Waals surface area contributed by atoms with Crippen LogP contribution in [-0.4, -0.2) is 38.3 Å². The first-order chi connectivity index (χ1) is 13.5. The quantitative estimate of drug-likeness (QED) is 0.463. The van der Waals surface area contributed by atoms with Crippen molar-refractivity contribution in [1.29, 1.82) is 0 Å². The molecule has 0 spiro atoms. The number of rotatable bonds is 5. The summed E-state index contributed by atoms with van der Waals surface area (Å²) in [5, 5.41) is 10.5. The van der Waals surface area contributed by atoms with Gasteiger partial charge in [-0.15, -0.1) is 0 Å². The molecule has 1 atom stereocenters. The number of benzene rings is 2. The maximum Gasteiger partial charge on any atom is 0.308 e. The van der Waals surface area contributed by atoms with E-state index in [0.29, 0.717) is 11.5 Å². The van der Waals surface area contributed by atoms with Crippen LogP contribution in [0.25, 0.3) is 0 Å². The van der Waals surface area contributed by atoms with Gasteiger partial charge in [0.15, 0.2) is 11.5 Å². The van der Waals surface area contributed by atoms with Crippen molar-refractivity contribution in [3.8, 4) is 17.2 Å². The van der Waals surface area contributed by atoms with Gasteiger partial charge < -0.3 is 24.6 Å². The molecule has 0 saturated heterocycles. The summed E-state index contributed by atoms with van der Waals surface area (Å²) < 4.78 is 15.9. The molecule has 0 saturated carbocycles. The minimum atomic E-state index is -0.358. The van der Waals surface area contributed by atoms with Gasteiger partial charge in [0, 0.05) is 13.0 Å². The predicted molar refractivity (Wildman–Crippen MR) is 104 cm³/mol. The zero-order chi connectivity index (χ0) is 20.5. The van der Waals surface area contributed by atoms with Crippen molar-refractivity contribution in [2.75, 3.05) is 20.8 Å². The molecular formula is C21H25NO6. The molecule has 7 heteroatoms. The van der Waals surface area contributed by atoms with Gasteiger partial charge in [-0.1, -0.05) is 12.1 Å². The number of methoxy groups -OCH3 is 2. The van der Waals surface area contributed by atoms with E-state index in [4.69, 9.17) is 24.1 Å². The summed E-state index contributed by atoms with van der Waals surface area (Å²) in [6, 6.07) is 12.2. The molecule has 0 amide bonds. The molecule has 0 aromatic heterocycles. The first-order valence-electron chi connectivity index (χ1n) is 8.85. The van der Waals surface area contributed by atoms with Crippen LogP contribution in [-0.2, 0) is 22.4 Å². The summed E-state index contributed by atoms with van der Waals surface area (Å²) in [5.41, 5.74) is 3.69. The third-order valence-electron chi connectivity index (χ3n) is 4.43. The second-order valence-electron chi connectivity index (χ2n) is 6.21. The van der Waals surface area contributed by atoms with Crippen LogP contribution in [0.1, 0.15) is 29.7 Å². The molecule has 7 nitrogen and oxygen atoms in total. The van der Waals surface area contributed by atoms with E-state index in [1.54, 1.807) is 14.2 Å². The molecule has 1 aliphatic heterocycles. The highest BCUT2D eigenvalue weighted by Crippen LogP contribution is 2.32. The topological polar surface area (TPSA) is 94.1 Å². The van der Waals surface area contributed by atoms with Gasteiger partial charge in [0.05, 0.1) is 14.2 Å². The lowest BCUT2D eigenvalue weighted by atomic mass is 9.90. The molecule has 0 bridgehead atoms. The number of ether oxygens (including phenoxy) is 3. The first kappa shape index (κ1) is 21.2. The molecule has 2 N–H and O–H groups in total. The van der Waals surface area contributed by atoms with E-state index in [0.717, 1.165) is 30.7 Å². The Morgan fingerprint density at radius 1 is 1.18 bits per heavy atom. The summed E-state index contributed by atoms with van der Waals surface area (Å²) in [4.78, 5) is 19.7. The van der Waals surface area contributed by atoms with Crippen LogP contribution in [0.3, 0.4) is 0 Å². The Labute approximate surface area is 164 Å². The number of hydrogen-bond acceptors (Lipinski definition) is 6. The van der Waals surface area contributed by atoms with Crippen LogP contribution in [0, 0.1) is 0 Å². The molecule has 1 unspecified atom stereocenters. The number of carboxylic acid groups (broad SMARTS) is 1. The Hall–Kier alpha value is -3.06. The molecule has 0 fully saturated rings. The minimum absolute atomic E-state index is 0.216. The smallest absolute Gasteiger partial charge is 0.308 e. The van der Waals surface area contributed by atoms with Gasteiger partial charge in [0.25, 0.3) is 6.47 Å². The summed E-state index contributed by atoms with van der Waals surface area (Å²) >= 11 is 0. The molecule has 28 heavy (non-hydrogen) atoms. The molecule has 1 aliphatic rings. The molecule has 3 rings (SSSR count). The Morgan fingerprint density at radius 2 is 1.93 bits per heavy atom. The largest absolute Gasteiger partial charge is 0.497 e. The van der Waals surface area contributed by atoms with E-state index in [2.05, 4.69) is 17.4 Å². The fraction of sp³-hybridized carbons (Fsp3) is 0.333. The summed E-state index contributed by atoms with van der Waals surface area (Å²) in [6.45, 7) is 2.07.